The molecule has 0 aliphatic carbocycles. The number of nitrogens with one attached hydrogen (secondary N) is 1. The molecule has 94 valence electrons. The van der Waals surface area contributed by atoms with Crippen LogP contribution in [0.4, 0.5) is 0 Å². The monoisotopic (exact) mass is 285 g/mol. The number of nitrogens with zero attached hydrogens (tertiary/aromatic N) is 1. The average Bonchev–Trinajstić information content (AvgIpc) is 2.00. The molecule has 0 aliphatic rings. The van der Waals surface area contributed by atoms with Crippen molar-refractivity contribution in [2.24, 2.45) is 5.73 Å². The summed E-state index contributed by atoms with van der Waals surface area (Å²) < 4.78 is 30.1. The lowest BCUT2D eigenvalue weighted by atomic mass is 10.1. The summed E-state index contributed by atoms with van der Waals surface area (Å²) in [4.78, 5) is -0.521. The lowest BCUT2D eigenvalue weighted by Crippen LogP contribution is -2.60. The maximum absolute atomic E-state index is 11.4. The maximum Gasteiger partial charge on any atom is 0.283 e. The first kappa shape index (κ1) is 15.7. The topological polar surface area (TPSA) is 95.7 Å². The molecule has 0 saturated carbocycles. The summed E-state index contributed by atoms with van der Waals surface area (Å²) in [6.07, 6.45) is -0.0408. The van der Waals surface area contributed by atoms with E-state index in [4.69, 9.17) is 30.2 Å². The molecule has 0 saturated heterocycles. The van der Waals surface area contributed by atoms with Gasteiger partial charge in [0.15, 0.2) is 4.75 Å². The highest BCUT2D eigenvalue weighted by Gasteiger charge is 2.49. The molecule has 0 aromatic rings. The lowest BCUT2D eigenvalue weighted by Gasteiger charge is -2.30. The zero-order valence-electron chi connectivity index (χ0n) is 9.22. The minimum atomic E-state index is -4.52. The fraction of sp³-hybridized carbons (Fsp3) is 0.714. The van der Waals surface area contributed by atoms with E-state index in [-0.39, 0.29) is 16.4 Å². The highest BCUT2D eigenvalue weighted by atomic mass is 32.2. The second-order valence-electron chi connectivity index (χ2n) is 3.36. The van der Waals surface area contributed by atoms with E-state index < -0.39 is 14.9 Å². The molecule has 0 bridgehead atoms. The van der Waals surface area contributed by atoms with Crippen LogP contribution in [0.2, 0.25) is 0 Å². The van der Waals surface area contributed by atoms with E-state index in [1.807, 2.05) is 0 Å². The average molecular weight is 285 g/mol. The third kappa shape index (κ3) is 2.86. The summed E-state index contributed by atoms with van der Waals surface area (Å²) in [6.45, 7) is 1.52. The maximum atomic E-state index is 11.4. The van der Waals surface area contributed by atoms with Gasteiger partial charge in [-0.05, 0) is 6.42 Å². The van der Waals surface area contributed by atoms with Crippen LogP contribution < -0.4 is 11.2 Å². The first-order valence-corrected chi connectivity index (χ1v) is 6.60. The van der Waals surface area contributed by atoms with Crippen molar-refractivity contribution in [1.29, 1.82) is 0 Å². The first-order chi connectivity index (χ1) is 7.09. The summed E-state index contributed by atoms with van der Waals surface area (Å²) in [5.74, 6) is 0. The van der Waals surface area contributed by atoms with Crippen molar-refractivity contribution in [3.05, 3.63) is 0 Å². The van der Waals surface area contributed by atoms with Gasteiger partial charge in [0.1, 0.15) is 9.98 Å². The van der Waals surface area contributed by atoms with Crippen molar-refractivity contribution in [2.75, 3.05) is 14.1 Å². The van der Waals surface area contributed by atoms with Gasteiger partial charge >= 0.3 is 0 Å². The Kier molecular flexibility index (Phi) is 5.20. The van der Waals surface area contributed by atoms with Crippen molar-refractivity contribution in [3.8, 4) is 0 Å². The zero-order valence-corrected chi connectivity index (χ0v) is 11.7. The Labute approximate surface area is 106 Å². The molecule has 0 amide bonds. The van der Waals surface area contributed by atoms with Crippen LogP contribution >= 0.6 is 24.4 Å². The minimum absolute atomic E-state index is 0.0408. The summed E-state index contributed by atoms with van der Waals surface area (Å²) in [5.41, 5.74) is 7.97. The van der Waals surface area contributed by atoms with Crippen molar-refractivity contribution < 1.29 is 13.0 Å². The number of rotatable bonds is 5. The Bertz CT molecular complexity index is 393. The van der Waals surface area contributed by atoms with Gasteiger partial charge in [-0.2, -0.15) is 8.42 Å². The number of hydrogen-bond acceptors (Lipinski definition) is 5. The van der Waals surface area contributed by atoms with Crippen molar-refractivity contribution in [1.82, 2.24) is 10.4 Å². The zero-order chi connectivity index (χ0) is 13.1. The number of thiocarbonyl (C=S) groups is 2. The van der Waals surface area contributed by atoms with E-state index in [2.05, 4.69) is 5.43 Å². The molecule has 0 radical (unpaired) electrons. The van der Waals surface area contributed by atoms with Crippen LogP contribution in [0.1, 0.15) is 13.3 Å². The van der Waals surface area contributed by atoms with Gasteiger partial charge in [0.2, 0.25) is 0 Å². The molecule has 1 unspecified atom stereocenters. The second kappa shape index (κ2) is 5.32. The van der Waals surface area contributed by atoms with Crippen LogP contribution in [0.5, 0.6) is 0 Å². The summed E-state index contributed by atoms with van der Waals surface area (Å²) >= 11 is 9.63. The molecule has 0 aromatic carbocycles. The van der Waals surface area contributed by atoms with Crippen LogP contribution in [0, 0.1) is 0 Å². The van der Waals surface area contributed by atoms with Gasteiger partial charge in [-0.25, -0.2) is 5.01 Å². The summed E-state index contributed by atoms with van der Waals surface area (Å²) in [7, 11) is -1.27. The normalized spacial score (nSPS) is 15.6. The molecular weight excluding hydrogens is 270 g/mol. The third-order valence-corrected chi connectivity index (χ3v) is 4.67. The fourth-order valence-corrected chi connectivity index (χ4v) is 3.45. The highest BCUT2D eigenvalue weighted by molar-refractivity contribution is 7.94. The van der Waals surface area contributed by atoms with Crippen LogP contribution in [0.3, 0.4) is 0 Å². The molecule has 9 heteroatoms. The first-order valence-electron chi connectivity index (χ1n) is 4.35. The molecule has 6 nitrogen and oxygen atoms in total. The molecule has 0 fully saturated rings. The van der Waals surface area contributed by atoms with E-state index >= 15 is 0 Å². The van der Waals surface area contributed by atoms with E-state index in [0.29, 0.717) is 0 Å². The van der Waals surface area contributed by atoms with Gasteiger partial charge in [-0.15, -0.1) is 0 Å². The van der Waals surface area contributed by atoms with Gasteiger partial charge in [0.25, 0.3) is 10.1 Å². The quantitative estimate of drug-likeness (QED) is 0.360. The smallest absolute Gasteiger partial charge is 0.283 e. The molecular formula is C7H15N3O3S3. The van der Waals surface area contributed by atoms with E-state index in [1.165, 1.54) is 11.9 Å². The fourth-order valence-electron chi connectivity index (χ4n) is 1.17. The Balaban J connectivity index is 5.58. The highest BCUT2D eigenvalue weighted by Crippen LogP contribution is 2.23. The van der Waals surface area contributed by atoms with Crippen LogP contribution in [-0.4, -0.2) is 46.8 Å². The third-order valence-electron chi connectivity index (χ3n) is 2.03. The number of hydrogen-bond donors (Lipinski definition) is 3. The molecule has 0 heterocycles. The summed E-state index contributed by atoms with van der Waals surface area (Å²) in [5, 5.41) is 1.44. The van der Waals surface area contributed by atoms with Gasteiger partial charge in [0.05, 0.1) is 0 Å². The largest absolute Gasteiger partial charge is 0.392 e. The number of hydrazine groups is 1. The Morgan fingerprint density at radius 1 is 1.50 bits per heavy atom. The van der Waals surface area contributed by atoms with Crippen molar-refractivity contribution in [2.45, 2.75) is 18.1 Å². The van der Waals surface area contributed by atoms with Crippen molar-refractivity contribution >= 4 is 44.5 Å². The Morgan fingerprint density at radius 2 is 1.94 bits per heavy atom. The lowest BCUT2D eigenvalue weighted by molar-refractivity contribution is 0.358. The molecule has 4 N–H and O–H groups in total. The van der Waals surface area contributed by atoms with Gasteiger partial charge in [-0.1, -0.05) is 31.4 Å². The SMILES string of the molecule is CCC(C(N)=S)(C(=S)NN(C)C)S(=O)(=O)O. The van der Waals surface area contributed by atoms with E-state index in [1.54, 1.807) is 14.1 Å². The molecule has 0 aromatic heterocycles. The second-order valence-corrected chi connectivity index (χ2v) is 5.85. The van der Waals surface area contributed by atoms with Crippen LogP contribution in [0.15, 0.2) is 0 Å². The molecule has 0 aliphatic heterocycles. The molecule has 0 rings (SSSR count). The Morgan fingerprint density at radius 3 is 2.12 bits per heavy atom. The minimum Gasteiger partial charge on any atom is -0.392 e. The Hall–Kier alpha value is -0.350. The standard InChI is InChI=1S/C7H15N3O3S3/c1-4-7(5(8)14,16(11,12)13)6(15)9-10(2)3/h4H2,1-3H3,(H2,8,14)(H,9,15)(H,11,12,13). The van der Waals surface area contributed by atoms with Crippen molar-refractivity contribution in [3.63, 3.8) is 0 Å². The number of nitrogens with two attached hydrogens (primary N) is 1. The predicted octanol–water partition coefficient (Wildman–Crippen LogP) is -0.297. The van der Waals surface area contributed by atoms with Gasteiger partial charge < -0.3 is 11.2 Å². The molecule has 1 atom stereocenters. The van der Waals surface area contributed by atoms with Gasteiger partial charge in [0, 0.05) is 14.1 Å². The van der Waals surface area contributed by atoms with E-state index in [9.17, 15) is 13.0 Å². The molecule has 0 spiro atoms. The van der Waals surface area contributed by atoms with E-state index in [0.717, 1.165) is 0 Å². The molecule has 16 heavy (non-hydrogen) atoms. The summed E-state index contributed by atoms with van der Waals surface area (Å²) in [6, 6.07) is 0. The predicted molar refractivity (Wildman–Crippen MR) is 70.8 cm³/mol. The van der Waals surface area contributed by atoms with Crippen LogP contribution in [-0.2, 0) is 10.1 Å². The van der Waals surface area contributed by atoms with Gasteiger partial charge in [-0.3, -0.25) is 4.55 Å². The van der Waals surface area contributed by atoms with Crippen LogP contribution in [0.25, 0.3) is 0 Å².